The maximum absolute atomic E-state index is 6.00. The average molecular weight is 726 g/mol. The van der Waals surface area contributed by atoms with E-state index in [-0.39, 0.29) is 14.5 Å². The molecule has 0 aliphatic rings. The molecule has 2 aromatic heterocycles. The van der Waals surface area contributed by atoms with Crippen molar-refractivity contribution in [2.75, 3.05) is 0 Å². The first-order valence-electron chi connectivity index (χ1n) is 17.7. The Labute approximate surface area is 306 Å². The SMILES string of the molecule is c1ccc(-c2c3ccccc3c(-c3ccc4c(c3)[se]c3ccc(-c5c6ccccc6c(-c6ccco6)c6ccccc56)cc34)c3ccccc23)cc1. The van der Waals surface area contributed by atoms with Crippen molar-refractivity contribution in [3.05, 3.63) is 182 Å². The van der Waals surface area contributed by atoms with Crippen molar-refractivity contribution in [3.63, 3.8) is 0 Å². The van der Waals surface area contributed by atoms with Crippen molar-refractivity contribution < 1.29 is 4.42 Å². The summed E-state index contributed by atoms with van der Waals surface area (Å²) >= 11 is 0.210. The molecule has 0 saturated carbocycles. The fourth-order valence-electron chi connectivity index (χ4n) is 8.57. The molecule has 0 bridgehead atoms. The quantitative estimate of drug-likeness (QED) is 0.130. The Morgan fingerprint density at radius 2 is 0.750 bits per heavy atom. The van der Waals surface area contributed by atoms with Crippen LogP contribution >= 0.6 is 0 Å². The van der Waals surface area contributed by atoms with Crippen LogP contribution in [0.15, 0.2) is 187 Å². The van der Waals surface area contributed by atoms with E-state index >= 15 is 0 Å². The van der Waals surface area contributed by atoms with Crippen LogP contribution in [-0.4, -0.2) is 14.5 Å². The van der Waals surface area contributed by atoms with Gasteiger partial charge in [-0.05, 0) is 0 Å². The Morgan fingerprint density at radius 1 is 0.288 bits per heavy atom. The van der Waals surface area contributed by atoms with Gasteiger partial charge in [0.1, 0.15) is 0 Å². The van der Waals surface area contributed by atoms with Gasteiger partial charge in [0.25, 0.3) is 0 Å². The van der Waals surface area contributed by atoms with Gasteiger partial charge in [-0.3, -0.25) is 0 Å². The molecule has 0 amide bonds. The van der Waals surface area contributed by atoms with Gasteiger partial charge < -0.3 is 0 Å². The van der Waals surface area contributed by atoms with Gasteiger partial charge in [-0.1, -0.05) is 0 Å². The molecule has 0 atom stereocenters. The first-order chi connectivity index (χ1) is 25.8. The summed E-state index contributed by atoms with van der Waals surface area (Å²) in [5.41, 5.74) is 8.83. The molecule has 1 nitrogen and oxygen atoms in total. The van der Waals surface area contributed by atoms with E-state index in [2.05, 4.69) is 170 Å². The Bertz CT molecular complexity index is 3050. The molecule has 0 N–H and O–H groups in total. The van der Waals surface area contributed by atoms with E-state index in [9.17, 15) is 0 Å². The van der Waals surface area contributed by atoms with Gasteiger partial charge in [0.15, 0.2) is 0 Å². The normalized spacial score (nSPS) is 11.8. The third-order valence-electron chi connectivity index (χ3n) is 10.7. The summed E-state index contributed by atoms with van der Waals surface area (Å²) in [4.78, 5) is 0. The Morgan fingerprint density at radius 3 is 1.27 bits per heavy atom. The molecule has 0 unspecified atom stereocenters. The van der Waals surface area contributed by atoms with Crippen molar-refractivity contribution in [1.29, 1.82) is 0 Å². The van der Waals surface area contributed by atoms with E-state index in [0.29, 0.717) is 0 Å². The van der Waals surface area contributed by atoms with Crippen molar-refractivity contribution in [2.24, 2.45) is 0 Å². The molecule has 0 fully saturated rings. The van der Waals surface area contributed by atoms with E-state index in [4.69, 9.17) is 4.42 Å². The Hall–Kier alpha value is -6.18. The summed E-state index contributed by atoms with van der Waals surface area (Å²) in [5.74, 6) is 0.899. The molecule has 0 aliphatic carbocycles. The van der Waals surface area contributed by atoms with Crippen LogP contribution in [0.25, 0.3) is 107 Å². The molecular weight excluding hydrogens is 696 g/mol. The third-order valence-corrected chi connectivity index (χ3v) is 13.1. The van der Waals surface area contributed by atoms with Gasteiger partial charge >= 0.3 is 308 Å². The van der Waals surface area contributed by atoms with Crippen molar-refractivity contribution >= 4 is 76.9 Å². The number of furan rings is 1. The van der Waals surface area contributed by atoms with Gasteiger partial charge in [0.2, 0.25) is 0 Å². The van der Waals surface area contributed by atoms with Crippen LogP contribution < -0.4 is 0 Å². The van der Waals surface area contributed by atoms with E-state index in [0.717, 1.165) is 11.3 Å². The summed E-state index contributed by atoms with van der Waals surface area (Å²) < 4.78 is 8.89. The number of benzene rings is 9. The third kappa shape index (κ3) is 4.42. The molecule has 0 radical (unpaired) electrons. The summed E-state index contributed by atoms with van der Waals surface area (Å²) in [6.07, 6.45) is 1.77. The van der Waals surface area contributed by atoms with Crippen LogP contribution in [0.4, 0.5) is 0 Å². The Kier molecular flexibility index (Phi) is 6.64. The van der Waals surface area contributed by atoms with Crippen LogP contribution in [0, 0.1) is 0 Å². The van der Waals surface area contributed by atoms with Crippen LogP contribution in [0.3, 0.4) is 0 Å². The van der Waals surface area contributed by atoms with Crippen LogP contribution in [0.2, 0.25) is 0 Å². The van der Waals surface area contributed by atoms with Gasteiger partial charge in [-0.2, -0.15) is 0 Å². The number of rotatable bonds is 4. The molecule has 0 saturated heterocycles. The van der Waals surface area contributed by atoms with Crippen molar-refractivity contribution in [1.82, 2.24) is 0 Å². The summed E-state index contributed by atoms with van der Waals surface area (Å²) in [5, 5.41) is 12.8. The second-order valence-electron chi connectivity index (χ2n) is 13.5. The van der Waals surface area contributed by atoms with E-state index in [1.807, 2.05) is 6.07 Å². The molecule has 2 heterocycles. The topological polar surface area (TPSA) is 13.1 Å². The molecule has 52 heavy (non-hydrogen) atoms. The minimum atomic E-state index is 0.210. The van der Waals surface area contributed by atoms with Crippen LogP contribution in [-0.2, 0) is 0 Å². The fraction of sp³-hybridized carbons (Fsp3) is 0. The van der Waals surface area contributed by atoms with Gasteiger partial charge in [0, 0.05) is 0 Å². The second kappa shape index (κ2) is 11.7. The van der Waals surface area contributed by atoms with Crippen LogP contribution in [0.1, 0.15) is 0 Å². The predicted molar refractivity (Wildman–Crippen MR) is 222 cm³/mol. The van der Waals surface area contributed by atoms with Crippen molar-refractivity contribution in [3.8, 4) is 44.7 Å². The summed E-state index contributed by atoms with van der Waals surface area (Å²) in [6.45, 7) is 0. The van der Waals surface area contributed by atoms with E-state index in [1.54, 1.807) is 6.26 Å². The molecule has 2 heteroatoms. The molecule has 0 aliphatic heterocycles. The fourth-order valence-corrected chi connectivity index (χ4v) is 10.9. The number of hydrogen-bond donors (Lipinski definition) is 0. The van der Waals surface area contributed by atoms with Crippen LogP contribution in [0.5, 0.6) is 0 Å². The zero-order valence-electron chi connectivity index (χ0n) is 28.1. The van der Waals surface area contributed by atoms with Gasteiger partial charge in [0.05, 0.1) is 0 Å². The molecule has 11 rings (SSSR count). The summed E-state index contributed by atoms with van der Waals surface area (Å²) in [6, 6.07) is 64.7. The zero-order chi connectivity index (χ0) is 34.2. The number of hydrogen-bond acceptors (Lipinski definition) is 1. The molecule has 9 aromatic carbocycles. The van der Waals surface area contributed by atoms with Gasteiger partial charge in [-0.25, -0.2) is 0 Å². The van der Waals surface area contributed by atoms with Crippen molar-refractivity contribution in [2.45, 2.75) is 0 Å². The van der Waals surface area contributed by atoms with Gasteiger partial charge in [-0.15, -0.1) is 0 Å². The minimum absolute atomic E-state index is 0.210. The summed E-state index contributed by atoms with van der Waals surface area (Å²) in [7, 11) is 0. The number of fused-ring (bicyclic) bond motifs is 7. The Balaban J connectivity index is 1.13. The average Bonchev–Trinajstić information content (AvgIpc) is 3.87. The molecule has 242 valence electrons. The van der Waals surface area contributed by atoms with E-state index < -0.39 is 0 Å². The first-order valence-corrected chi connectivity index (χ1v) is 19.5. The molecule has 11 aromatic rings. The first kappa shape index (κ1) is 29.5. The second-order valence-corrected chi connectivity index (χ2v) is 15.8. The molecular formula is C50H30OSe. The maximum atomic E-state index is 6.00. The monoisotopic (exact) mass is 726 g/mol. The van der Waals surface area contributed by atoms with E-state index in [1.165, 1.54) is 95.8 Å². The standard InChI is InChI=1S/C50H30OSe/c1-2-13-31(14-3-1)47-35-15-4-6-17-37(35)49(38-18-7-5-16-36(38)47)33-24-26-34-43-29-32(25-27-45(43)52-46(34)30-33)48-39-19-8-10-21-41(39)50(44-23-12-28-51-44)42-22-11-9-20-40(42)48/h1-30H. The molecule has 0 spiro atoms. The predicted octanol–water partition coefficient (Wildman–Crippen LogP) is 13.9. The zero-order valence-corrected chi connectivity index (χ0v) is 29.9.